The highest BCUT2D eigenvalue weighted by Gasteiger charge is 2.20. The molecule has 0 aliphatic rings. The fourth-order valence-electron chi connectivity index (χ4n) is 3.67. The van der Waals surface area contributed by atoms with Crippen LogP contribution in [0.4, 0.5) is 0 Å². The minimum absolute atomic E-state index is 0.231. The van der Waals surface area contributed by atoms with Crippen LogP contribution in [0.1, 0.15) is 29.2 Å². The monoisotopic (exact) mass is 494 g/mol. The number of nitrogens with one attached hydrogen (secondary N) is 1. The largest absolute Gasteiger partial charge is 0.350 e. The zero-order valence-electron chi connectivity index (χ0n) is 19.5. The van der Waals surface area contributed by atoms with Crippen LogP contribution in [0.25, 0.3) is 16.0 Å². The molecule has 0 unspecified atom stereocenters. The second-order valence-corrected chi connectivity index (χ2v) is 10.1. The van der Waals surface area contributed by atoms with Gasteiger partial charge in [-0.15, -0.1) is 11.3 Å². The SMILES string of the molecule is CCc1ccc(-n2c(=O)c3sc(SC)nc3n(CC(=O)NCc3ccc(C)c(C)c3)c2=O)cc1. The molecule has 0 spiro atoms. The average Bonchev–Trinajstić information content (AvgIpc) is 3.28. The maximum absolute atomic E-state index is 13.5. The third-order valence-corrected chi connectivity index (χ3v) is 7.82. The van der Waals surface area contributed by atoms with Crippen molar-refractivity contribution in [3.63, 3.8) is 0 Å². The number of amides is 1. The summed E-state index contributed by atoms with van der Waals surface area (Å²) < 4.78 is 3.43. The molecule has 1 amide bonds. The van der Waals surface area contributed by atoms with Gasteiger partial charge in [0.15, 0.2) is 9.99 Å². The smallest absolute Gasteiger partial charge is 0.337 e. The fourth-order valence-corrected chi connectivity index (χ4v) is 5.16. The van der Waals surface area contributed by atoms with Gasteiger partial charge < -0.3 is 5.32 Å². The van der Waals surface area contributed by atoms with E-state index in [0.29, 0.717) is 21.3 Å². The summed E-state index contributed by atoms with van der Waals surface area (Å²) in [6.07, 6.45) is 2.71. The Morgan fingerprint density at radius 1 is 1.06 bits per heavy atom. The zero-order chi connectivity index (χ0) is 24.4. The van der Waals surface area contributed by atoms with Crippen LogP contribution < -0.4 is 16.6 Å². The van der Waals surface area contributed by atoms with Crippen molar-refractivity contribution in [2.24, 2.45) is 0 Å². The van der Waals surface area contributed by atoms with Gasteiger partial charge in [-0.1, -0.05) is 49.0 Å². The minimum Gasteiger partial charge on any atom is -0.350 e. The van der Waals surface area contributed by atoms with Gasteiger partial charge in [-0.05, 0) is 60.9 Å². The van der Waals surface area contributed by atoms with Crippen molar-refractivity contribution in [2.45, 2.75) is 44.6 Å². The first-order chi connectivity index (χ1) is 16.3. The van der Waals surface area contributed by atoms with Crippen molar-refractivity contribution in [3.05, 3.63) is 85.6 Å². The predicted molar refractivity (Wildman–Crippen MR) is 138 cm³/mol. The lowest BCUT2D eigenvalue weighted by Gasteiger charge is -2.12. The molecule has 4 rings (SSSR count). The molecule has 7 nitrogen and oxygen atoms in total. The minimum atomic E-state index is -0.582. The molecule has 0 radical (unpaired) electrons. The number of aromatic nitrogens is 3. The van der Waals surface area contributed by atoms with Crippen molar-refractivity contribution in [1.29, 1.82) is 0 Å². The van der Waals surface area contributed by atoms with Crippen LogP contribution in [-0.2, 0) is 24.3 Å². The van der Waals surface area contributed by atoms with E-state index < -0.39 is 11.2 Å². The first-order valence-electron chi connectivity index (χ1n) is 10.9. The summed E-state index contributed by atoms with van der Waals surface area (Å²) in [5.41, 5.74) is 4.13. The Hall–Kier alpha value is -3.17. The summed E-state index contributed by atoms with van der Waals surface area (Å²) in [5.74, 6) is -0.327. The number of aryl methyl sites for hydroxylation is 3. The molecule has 0 bridgehead atoms. The van der Waals surface area contributed by atoms with Gasteiger partial charge in [0.05, 0.1) is 5.69 Å². The maximum atomic E-state index is 13.5. The normalized spacial score (nSPS) is 11.2. The van der Waals surface area contributed by atoms with Crippen LogP contribution >= 0.6 is 23.1 Å². The first-order valence-corrected chi connectivity index (χ1v) is 13.0. The van der Waals surface area contributed by atoms with E-state index in [1.807, 2.05) is 57.4 Å². The molecular formula is C25H26N4O3S2. The summed E-state index contributed by atoms with van der Waals surface area (Å²) in [5, 5.41) is 2.88. The Bertz CT molecular complexity index is 1480. The van der Waals surface area contributed by atoms with E-state index >= 15 is 0 Å². The number of carbonyl (C=O) groups excluding carboxylic acids is 1. The summed E-state index contributed by atoms with van der Waals surface area (Å²) >= 11 is 2.63. The van der Waals surface area contributed by atoms with E-state index in [4.69, 9.17) is 0 Å². The molecule has 0 saturated carbocycles. The summed E-state index contributed by atoms with van der Waals surface area (Å²) in [6.45, 7) is 6.22. The van der Waals surface area contributed by atoms with E-state index in [1.165, 1.54) is 33.2 Å². The Kier molecular flexibility index (Phi) is 7.04. The highest BCUT2D eigenvalue weighted by Crippen LogP contribution is 2.25. The van der Waals surface area contributed by atoms with Gasteiger partial charge >= 0.3 is 5.69 Å². The molecule has 176 valence electrons. The van der Waals surface area contributed by atoms with Crippen molar-refractivity contribution in [3.8, 4) is 5.69 Å². The Labute approximate surface area is 205 Å². The number of fused-ring (bicyclic) bond motifs is 1. The first kappa shape index (κ1) is 24.0. The van der Waals surface area contributed by atoms with Crippen LogP contribution in [0.2, 0.25) is 0 Å². The number of carbonyl (C=O) groups is 1. The van der Waals surface area contributed by atoms with Gasteiger partial charge in [-0.25, -0.2) is 14.3 Å². The van der Waals surface area contributed by atoms with Crippen molar-refractivity contribution >= 4 is 39.4 Å². The van der Waals surface area contributed by atoms with E-state index in [1.54, 1.807) is 12.1 Å². The molecule has 2 aromatic heterocycles. The molecule has 0 saturated heterocycles. The van der Waals surface area contributed by atoms with E-state index in [9.17, 15) is 14.4 Å². The Morgan fingerprint density at radius 3 is 2.41 bits per heavy atom. The lowest BCUT2D eigenvalue weighted by Crippen LogP contribution is -2.41. The van der Waals surface area contributed by atoms with Crippen LogP contribution in [0.3, 0.4) is 0 Å². The molecular weight excluding hydrogens is 468 g/mol. The highest BCUT2D eigenvalue weighted by molar-refractivity contribution is 8.00. The van der Waals surface area contributed by atoms with E-state index in [0.717, 1.165) is 27.7 Å². The number of hydrogen-bond donors (Lipinski definition) is 1. The van der Waals surface area contributed by atoms with Crippen molar-refractivity contribution in [1.82, 2.24) is 19.4 Å². The molecule has 2 heterocycles. The number of nitrogens with zero attached hydrogens (tertiary/aromatic N) is 3. The summed E-state index contributed by atoms with van der Waals surface area (Å²) in [7, 11) is 0. The standard InChI is InChI=1S/C25H26N4O3S2/c1-5-17-8-10-19(11-9-17)29-23(31)21-22(27-24(33-4)34-21)28(25(29)32)14-20(30)26-13-18-7-6-15(2)16(3)12-18/h6-12H,5,13-14H2,1-4H3,(H,26,30). The average molecular weight is 495 g/mol. The predicted octanol–water partition coefficient (Wildman–Crippen LogP) is 3.83. The Morgan fingerprint density at radius 2 is 1.76 bits per heavy atom. The number of rotatable bonds is 7. The fraction of sp³-hybridized carbons (Fsp3) is 0.280. The van der Waals surface area contributed by atoms with Gasteiger partial charge in [0.25, 0.3) is 5.56 Å². The van der Waals surface area contributed by atoms with Gasteiger partial charge in [-0.2, -0.15) is 0 Å². The highest BCUT2D eigenvalue weighted by atomic mass is 32.2. The van der Waals surface area contributed by atoms with Crippen LogP contribution in [0.15, 0.2) is 56.4 Å². The summed E-state index contributed by atoms with van der Waals surface area (Å²) in [6, 6.07) is 13.3. The maximum Gasteiger partial charge on any atom is 0.337 e. The van der Waals surface area contributed by atoms with Crippen LogP contribution in [-0.4, -0.2) is 26.3 Å². The quantitative estimate of drug-likeness (QED) is 0.395. The van der Waals surface area contributed by atoms with E-state index in [-0.39, 0.29) is 18.1 Å². The van der Waals surface area contributed by atoms with Gasteiger partial charge in [0, 0.05) is 6.54 Å². The number of thioether (sulfide) groups is 1. The van der Waals surface area contributed by atoms with Gasteiger partial charge in [0.1, 0.15) is 11.2 Å². The van der Waals surface area contributed by atoms with Crippen LogP contribution in [0.5, 0.6) is 0 Å². The molecule has 4 aromatic rings. The zero-order valence-corrected chi connectivity index (χ0v) is 21.2. The molecule has 0 atom stereocenters. The lowest BCUT2D eigenvalue weighted by molar-refractivity contribution is -0.121. The second-order valence-electron chi connectivity index (χ2n) is 8.06. The lowest BCUT2D eigenvalue weighted by atomic mass is 10.1. The molecule has 0 aliphatic heterocycles. The molecule has 0 fully saturated rings. The van der Waals surface area contributed by atoms with Gasteiger partial charge in [-0.3, -0.25) is 14.2 Å². The van der Waals surface area contributed by atoms with Crippen molar-refractivity contribution in [2.75, 3.05) is 6.26 Å². The number of benzene rings is 2. The Balaban J connectivity index is 1.72. The third-order valence-electron chi connectivity index (χ3n) is 5.80. The molecule has 34 heavy (non-hydrogen) atoms. The molecule has 0 aliphatic carbocycles. The third kappa shape index (κ3) is 4.71. The topological polar surface area (TPSA) is 86.0 Å². The second kappa shape index (κ2) is 9.99. The number of hydrogen-bond acceptors (Lipinski definition) is 6. The van der Waals surface area contributed by atoms with E-state index in [2.05, 4.69) is 10.3 Å². The molecule has 9 heteroatoms. The van der Waals surface area contributed by atoms with Gasteiger partial charge in [0.2, 0.25) is 5.91 Å². The van der Waals surface area contributed by atoms with Crippen molar-refractivity contribution < 1.29 is 4.79 Å². The molecule has 2 aromatic carbocycles. The number of thiazole rings is 1. The summed E-state index contributed by atoms with van der Waals surface area (Å²) in [4.78, 5) is 44.0. The van der Waals surface area contributed by atoms with Crippen LogP contribution in [0, 0.1) is 13.8 Å². The molecule has 1 N–H and O–H groups in total.